The number of nitrogens with two attached hydrogens (primary N) is 2. The van der Waals surface area contributed by atoms with Gasteiger partial charge in [-0.25, -0.2) is 4.79 Å². The maximum atomic E-state index is 13.6. The highest BCUT2D eigenvalue weighted by atomic mass is 32.1. The molecule has 0 aromatic heterocycles. The Morgan fingerprint density at radius 2 is 1.57 bits per heavy atom. The molecule has 2 heterocycles. The van der Waals surface area contributed by atoms with E-state index in [2.05, 4.69) is 28.6 Å². The number of likely N-dealkylation sites (tertiary alicyclic amines) is 2. The van der Waals surface area contributed by atoms with Crippen LogP contribution in [0.25, 0.3) is 0 Å². The van der Waals surface area contributed by atoms with Gasteiger partial charge in [0.15, 0.2) is 0 Å². The van der Waals surface area contributed by atoms with Crippen molar-refractivity contribution in [2.24, 2.45) is 11.5 Å². The first-order valence-electron chi connectivity index (χ1n) is 15.5. The first kappa shape index (κ1) is 36.6. The summed E-state index contributed by atoms with van der Waals surface area (Å²) in [6.07, 6.45) is 3.62. The minimum Gasteiger partial charge on any atom is -0.508 e. The van der Waals surface area contributed by atoms with Crippen LogP contribution in [0.2, 0.25) is 0 Å². The Morgan fingerprint density at radius 1 is 0.913 bits per heavy atom. The van der Waals surface area contributed by atoms with Gasteiger partial charge in [0, 0.05) is 25.3 Å². The lowest BCUT2D eigenvalue weighted by atomic mass is 10.0. The first-order chi connectivity index (χ1) is 22.0. The van der Waals surface area contributed by atoms with Crippen LogP contribution in [0.15, 0.2) is 24.3 Å². The van der Waals surface area contributed by atoms with Gasteiger partial charge in [-0.3, -0.25) is 24.0 Å². The predicted molar refractivity (Wildman–Crippen MR) is 171 cm³/mol. The smallest absolute Gasteiger partial charge is 0.327 e. The van der Waals surface area contributed by atoms with E-state index in [9.17, 15) is 39.0 Å². The number of nitrogens with zero attached hydrogens (tertiary/aromatic N) is 2. The summed E-state index contributed by atoms with van der Waals surface area (Å²) in [5, 5.41) is 26.6. The number of phenols is 1. The van der Waals surface area contributed by atoms with Crippen LogP contribution in [-0.2, 0) is 35.2 Å². The van der Waals surface area contributed by atoms with Crippen LogP contribution >= 0.6 is 12.6 Å². The average Bonchev–Trinajstić information content (AvgIpc) is 3.73. The summed E-state index contributed by atoms with van der Waals surface area (Å²) in [7, 11) is 0. The topological polar surface area (TPSA) is 237 Å². The van der Waals surface area contributed by atoms with Gasteiger partial charge in [0.2, 0.25) is 29.5 Å². The molecule has 0 radical (unpaired) electrons. The molecular formula is C30H45N7O8S. The lowest BCUT2D eigenvalue weighted by Crippen LogP contribution is -2.56. The van der Waals surface area contributed by atoms with Gasteiger partial charge in [-0.1, -0.05) is 18.6 Å². The van der Waals surface area contributed by atoms with E-state index in [1.165, 1.54) is 21.9 Å². The molecule has 9 N–H and O–H groups in total. The number of carbonyl (C=O) groups is 6. The van der Waals surface area contributed by atoms with Crippen molar-refractivity contribution in [3.05, 3.63) is 29.8 Å². The van der Waals surface area contributed by atoms with Gasteiger partial charge >= 0.3 is 5.97 Å². The number of phenolic OH excluding ortho intramolecular Hbond substituents is 1. The molecule has 2 fully saturated rings. The lowest BCUT2D eigenvalue weighted by molar-refractivity contribution is -0.147. The molecule has 2 saturated heterocycles. The van der Waals surface area contributed by atoms with Gasteiger partial charge in [0.25, 0.3) is 0 Å². The molecule has 254 valence electrons. The van der Waals surface area contributed by atoms with Gasteiger partial charge in [-0.2, -0.15) is 12.6 Å². The molecule has 1 aromatic rings. The Bertz CT molecular complexity index is 1250. The lowest BCUT2D eigenvalue weighted by Gasteiger charge is -2.31. The third kappa shape index (κ3) is 10.1. The number of rotatable bonds is 16. The highest BCUT2D eigenvalue weighted by Gasteiger charge is 2.42. The normalized spacial score (nSPS) is 19.6. The van der Waals surface area contributed by atoms with Crippen molar-refractivity contribution in [2.45, 2.75) is 81.6 Å². The monoisotopic (exact) mass is 663 g/mol. The molecule has 3 rings (SSSR count). The van der Waals surface area contributed by atoms with Crippen LogP contribution in [0.4, 0.5) is 0 Å². The van der Waals surface area contributed by atoms with Crippen molar-refractivity contribution < 1.29 is 39.0 Å². The molecule has 5 amide bonds. The minimum atomic E-state index is -1.23. The molecule has 0 spiro atoms. The second-order valence-corrected chi connectivity index (χ2v) is 11.9. The standard InChI is InChI=1S/C30H45N7O8S/c31-12-2-1-5-20(32)26(40)34-21(15-18-8-10-19(38)11-9-18)27(41)33-16-25(39)36-13-4-7-24(36)29(43)37-14-3-6-23(37)28(42)35-22(17-46)30(44)45/h8-11,20-24,38,46H,1-7,12-17,31-32H2,(H,33,41)(H,34,40)(H,35,42)(H,44,45)/t20-,21-,22-,23-,24-/m0/s1. The Hall–Kier alpha value is -3.89. The summed E-state index contributed by atoms with van der Waals surface area (Å²) in [5.41, 5.74) is 12.2. The average molecular weight is 664 g/mol. The summed E-state index contributed by atoms with van der Waals surface area (Å²) in [4.78, 5) is 79.9. The molecule has 16 heteroatoms. The van der Waals surface area contributed by atoms with Crippen molar-refractivity contribution >= 4 is 48.1 Å². The maximum absolute atomic E-state index is 13.6. The van der Waals surface area contributed by atoms with E-state index >= 15 is 0 Å². The van der Waals surface area contributed by atoms with Crippen molar-refractivity contribution in [2.75, 3.05) is 31.9 Å². The zero-order valence-corrected chi connectivity index (χ0v) is 26.6. The molecule has 0 aliphatic carbocycles. The van der Waals surface area contributed by atoms with E-state index in [1.807, 2.05) is 0 Å². The predicted octanol–water partition coefficient (Wildman–Crippen LogP) is -1.53. The van der Waals surface area contributed by atoms with Crippen LogP contribution in [0, 0.1) is 0 Å². The zero-order valence-electron chi connectivity index (χ0n) is 25.7. The number of thiol groups is 1. The van der Waals surface area contributed by atoms with E-state index in [1.54, 1.807) is 12.1 Å². The van der Waals surface area contributed by atoms with Gasteiger partial charge in [0.1, 0.15) is 29.9 Å². The molecule has 5 atom stereocenters. The molecule has 0 bridgehead atoms. The number of hydrogen-bond donors (Lipinski definition) is 8. The summed E-state index contributed by atoms with van der Waals surface area (Å²) >= 11 is 3.97. The van der Waals surface area contributed by atoms with Crippen LogP contribution in [0.5, 0.6) is 5.75 Å². The molecule has 1 aromatic carbocycles. The largest absolute Gasteiger partial charge is 0.508 e. The van der Waals surface area contributed by atoms with E-state index < -0.39 is 72.3 Å². The van der Waals surface area contributed by atoms with E-state index in [0.29, 0.717) is 57.1 Å². The molecule has 2 aliphatic heterocycles. The molecule has 0 saturated carbocycles. The van der Waals surface area contributed by atoms with E-state index in [-0.39, 0.29) is 31.0 Å². The van der Waals surface area contributed by atoms with Crippen LogP contribution in [0.1, 0.15) is 50.5 Å². The SMILES string of the molecule is NCCCC[C@H](N)C(=O)N[C@@H](Cc1ccc(O)cc1)C(=O)NCC(=O)N1CCC[C@H]1C(=O)N1CCC[C@H]1C(=O)N[C@@H](CS)C(=O)O. The number of nitrogens with one attached hydrogen (secondary N) is 3. The number of amides is 5. The van der Waals surface area contributed by atoms with Gasteiger partial charge in [0.05, 0.1) is 12.6 Å². The third-order valence-corrected chi connectivity index (χ3v) is 8.59. The van der Waals surface area contributed by atoms with Gasteiger partial charge < -0.3 is 47.4 Å². The summed E-state index contributed by atoms with van der Waals surface area (Å²) in [6, 6.07) is 1.31. The number of aromatic hydroxyl groups is 1. The molecule has 0 unspecified atom stereocenters. The van der Waals surface area contributed by atoms with Crippen molar-refractivity contribution in [1.82, 2.24) is 25.8 Å². The summed E-state index contributed by atoms with van der Waals surface area (Å²) in [5.74, 6) is -3.95. The first-order valence-corrected chi connectivity index (χ1v) is 16.2. The fourth-order valence-electron chi connectivity index (χ4n) is 5.65. The molecule has 2 aliphatic rings. The Kier molecular flexibility index (Phi) is 14.1. The highest BCUT2D eigenvalue weighted by Crippen LogP contribution is 2.25. The van der Waals surface area contributed by atoms with Gasteiger partial charge in [-0.05, 0) is 62.8 Å². The van der Waals surface area contributed by atoms with Crippen molar-refractivity contribution in [1.29, 1.82) is 0 Å². The van der Waals surface area contributed by atoms with Crippen LogP contribution in [-0.4, -0.2) is 118 Å². The Morgan fingerprint density at radius 3 is 2.20 bits per heavy atom. The Balaban J connectivity index is 1.64. The number of carboxylic acid groups (broad SMARTS) is 1. The number of aliphatic carboxylic acids is 1. The fourth-order valence-corrected chi connectivity index (χ4v) is 5.90. The minimum absolute atomic E-state index is 0.0408. The van der Waals surface area contributed by atoms with Gasteiger partial charge in [-0.15, -0.1) is 0 Å². The third-order valence-electron chi connectivity index (χ3n) is 8.22. The van der Waals surface area contributed by atoms with Crippen LogP contribution in [0.3, 0.4) is 0 Å². The number of benzene rings is 1. The highest BCUT2D eigenvalue weighted by molar-refractivity contribution is 7.80. The maximum Gasteiger partial charge on any atom is 0.327 e. The quantitative estimate of drug-likeness (QED) is 0.0750. The fraction of sp³-hybridized carbons (Fsp3) is 0.600. The summed E-state index contributed by atoms with van der Waals surface area (Å²) in [6.45, 7) is 0.605. The molecule has 46 heavy (non-hydrogen) atoms. The zero-order chi connectivity index (χ0) is 33.8. The number of carboxylic acids is 1. The molecular weight excluding hydrogens is 618 g/mol. The van der Waals surface area contributed by atoms with Crippen LogP contribution < -0.4 is 27.4 Å². The van der Waals surface area contributed by atoms with Crippen molar-refractivity contribution in [3.8, 4) is 5.75 Å². The van der Waals surface area contributed by atoms with Crippen molar-refractivity contribution in [3.63, 3.8) is 0 Å². The Labute approximate surface area is 273 Å². The number of unbranched alkanes of at least 4 members (excludes halogenated alkanes) is 1. The number of hydrogen-bond acceptors (Lipinski definition) is 10. The second kappa shape index (κ2) is 17.7. The summed E-state index contributed by atoms with van der Waals surface area (Å²) < 4.78 is 0. The molecule has 15 nitrogen and oxygen atoms in total. The second-order valence-electron chi connectivity index (χ2n) is 11.6. The van der Waals surface area contributed by atoms with E-state index in [0.717, 1.165) is 0 Å². The van der Waals surface area contributed by atoms with E-state index in [4.69, 9.17) is 11.5 Å². The number of carbonyl (C=O) groups excluding carboxylic acids is 5.